The molecule has 0 bridgehead atoms. The number of likely N-dealkylation sites (tertiary alicyclic amines) is 1. The van der Waals surface area contributed by atoms with E-state index in [4.69, 9.17) is 4.74 Å². The lowest BCUT2D eigenvalue weighted by atomic mass is 10.1. The number of nitrogens with zero attached hydrogens (tertiary/aromatic N) is 3. The number of ether oxygens (including phenoxy) is 1. The highest BCUT2D eigenvalue weighted by Gasteiger charge is 2.42. The Bertz CT molecular complexity index is 1050. The van der Waals surface area contributed by atoms with E-state index in [2.05, 4.69) is 10.3 Å². The average Bonchev–Trinajstić information content (AvgIpc) is 3.53. The standard InChI is InChI=1S/C25H28N4O5/c1-17(29(21-11-5-6-14-26-21)24(32)19-12-13-22(30)27-19)23(31)28-15-7-10-20(28)25(33)34-16-18-8-3-2-4-9-18/h2-6,8-9,11,14,17,19-20H,7,10,12-13,15-16H2,1H3,(H,27,30)/t17?,19-,20-/m0/s1. The van der Waals surface area contributed by atoms with Gasteiger partial charge in [0.1, 0.15) is 30.6 Å². The van der Waals surface area contributed by atoms with Gasteiger partial charge in [-0.05, 0) is 43.9 Å². The number of carbonyl (C=O) groups excluding carboxylic acids is 4. The highest BCUT2D eigenvalue weighted by atomic mass is 16.5. The maximum atomic E-state index is 13.5. The van der Waals surface area contributed by atoms with Crippen LogP contribution < -0.4 is 10.2 Å². The van der Waals surface area contributed by atoms with Gasteiger partial charge in [-0.1, -0.05) is 36.4 Å². The Hall–Kier alpha value is -3.75. The molecule has 4 rings (SSSR count). The summed E-state index contributed by atoms with van der Waals surface area (Å²) in [6.45, 7) is 2.16. The van der Waals surface area contributed by atoms with Crippen molar-refractivity contribution in [3.63, 3.8) is 0 Å². The van der Waals surface area contributed by atoms with Crippen molar-refractivity contribution >= 4 is 29.5 Å². The van der Waals surface area contributed by atoms with Crippen LogP contribution in [0.5, 0.6) is 0 Å². The Kier molecular flexibility index (Phi) is 7.20. The number of nitrogens with one attached hydrogen (secondary N) is 1. The molecule has 178 valence electrons. The summed E-state index contributed by atoms with van der Waals surface area (Å²) >= 11 is 0. The molecule has 1 aromatic heterocycles. The van der Waals surface area contributed by atoms with Crippen molar-refractivity contribution in [3.8, 4) is 0 Å². The first-order valence-corrected chi connectivity index (χ1v) is 11.5. The summed E-state index contributed by atoms with van der Waals surface area (Å²) in [6.07, 6.45) is 3.33. The molecular weight excluding hydrogens is 436 g/mol. The molecule has 2 saturated heterocycles. The molecule has 2 aliphatic rings. The number of anilines is 1. The smallest absolute Gasteiger partial charge is 0.329 e. The van der Waals surface area contributed by atoms with Gasteiger partial charge in [0.15, 0.2) is 0 Å². The second-order valence-corrected chi connectivity index (χ2v) is 8.51. The molecule has 1 unspecified atom stereocenters. The van der Waals surface area contributed by atoms with E-state index in [9.17, 15) is 19.2 Å². The second kappa shape index (κ2) is 10.5. The fourth-order valence-corrected chi connectivity index (χ4v) is 4.42. The molecule has 2 aromatic rings. The van der Waals surface area contributed by atoms with Crippen molar-refractivity contribution in [1.29, 1.82) is 0 Å². The summed E-state index contributed by atoms with van der Waals surface area (Å²) in [5.74, 6) is -1.09. The van der Waals surface area contributed by atoms with Crippen molar-refractivity contribution in [2.45, 2.75) is 57.3 Å². The number of esters is 1. The molecule has 1 aromatic carbocycles. The highest BCUT2D eigenvalue weighted by molar-refractivity contribution is 6.05. The van der Waals surface area contributed by atoms with Crippen LogP contribution in [0.15, 0.2) is 54.7 Å². The van der Waals surface area contributed by atoms with Crippen LogP contribution in [0.1, 0.15) is 38.2 Å². The van der Waals surface area contributed by atoms with Crippen molar-refractivity contribution in [2.24, 2.45) is 0 Å². The molecule has 2 fully saturated rings. The first-order valence-electron chi connectivity index (χ1n) is 11.5. The van der Waals surface area contributed by atoms with Gasteiger partial charge in [-0.15, -0.1) is 0 Å². The van der Waals surface area contributed by atoms with Crippen LogP contribution >= 0.6 is 0 Å². The fraction of sp³-hybridized carbons (Fsp3) is 0.400. The van der Waals surface area contributed by atoms with Gasteiger partial charge in [0.05, 0.1) is 0 Å². The zero-order valence-electron chi connectivity index (χ0n) is 19.1. The Morgan fingerprint density at radius 2 is 1.91 bits per heavy atom. The van der Waals surface area contributed by atoms with Gasteiger partial charge >= 0.3 is 5.97 Å². The van der Waals surface area contributed by atoms with Crippen molar-refractivity contribution in [2.75, 3.05) is 11.4 Å². The van der Waals surface area contributed by atoms with Gasteiger partial charge in [0.25, 0.3) is 5.91 Å². The first-order chi connectivity index (χ1) is 16.5. The van der Waals surface area contributed by atoms with Crippen LogP contribution in [-0.2, 0) is 30.5 Å². The summed E-state index contributed by atoms with van der Waals surface area (Å²) in [4.78, 5) is 58.5. The zero-order valence-corrected chi connectivity index (χ0v) is 19.1. The summed E-state index contributed by atoms with van der Waals surface area (Å²) < 4.78 is 5.48. The lowest BCUT2D eigenvalue weighted by Gasteiger charge is -2.33. The first kappa shape index (κ1) is 23.4. The van der Waals surface area contributed by atoms with E-state index in [0.29, 0.717) is 31.6 Å². The molecule has 3 atom stereocenters. The molecule has 1 N–H and O–H groups in total. The number of benzene rings is 1. The Balaban J connectivity index is 1.49. The third kappa shape index (κ3) is 5.08. The largest absolute Gasteiger partial charge is 0.459 e. The number of carbonyl (C=O) groups is 4. The Labute approximate surface area is 198 Å². The zero-order chi connectivity index (χ0) is 24.1. The number of hydrogen-bond donors (Lipinski definition) is 1. The van der Waals surface area contributed by atoms with E-state index in [-0.39, 0.29) is 24.8 Å². The molecule has 0 saturated carbocycles. The van der Waals surface area contributed by atoms with Gasteiger partial charge in [-0.2, -0.15) is 0 Å². The van der Waals surface area contributed by atoms with E-state index in [1.165, 1.54) is 9.80 Å². The van der Waals surface area contributed by atoms with E-state index >= 15 is 0 Å². The van der Waals surface area contributed by atoms with E-state index in [1.54, 1.807) is 31.3 Å². The summed E-state index contributed by atoms with van der Waals surface area (Å²) in [7, 11) is 0. The lowest BCUT2D eigenvalue weighted by Crippen LogP contribution is -2.56. The predicted molar refractivity (Wildman–Crippen MR) is 123 cm³/mol. The SMILES string of the molecule is CC(C(=O)N1CCC[C@H]1C(=O)OCc1ccccc1)N(C(=O)[C@@H]1CCC(=O)N1)c1ccccn1. The topological polar surface area (TPSA) is 109 Å². The number of amides is 3. The fourth-order valence-electron chi connectivity index (χ4n) is 4.42. The molecular formula is C25H28N4O5. The van der Waals surface area contributed by atoms with Crippen LogP contribution in [0, 0.1) is 0 Å². The molecule has 0 spiro atoms. The summed E-state index contributed by atoms with van der Waals surface area (Å²) in [5, 5.41) is 2.67. The molecule has 9 nitrogen and oxygen atoms in total. The van der Waals surface area contributed by atoms with Crippen LogP contribution in [0.4, 0.5) is 5.82 Å². The van der Waals surface area contributed by atoms with E-state index in [1.807, 2.05) is 30.3 Å². The van der Waals surface area contributed by atoms with E-state index < -0.39 is 30.0 Å². The van der Waals surface area contributed by atoms with Crippen LogP contribution in [0.25, 0.3) is 0 Å². The average molecular weight is 465 g/mol. The number of pyridine rings is 1. The minimum atomic E-state index is -0.914. The molecule has 9 heteroatoms. The number of rotatable bonds is 7. The maximum absolute atomic E-state index is 13.5. The normalized spacial score (nSPS) is 20.5. The van der Waals surface area contributed by atoms with Crippen molar-refractivity contribution < 1.29 is 23.9 Å². The quantitative estimate of drug-likeness (QED) is 0.626. The molecule has 3 amide bonds. The van der Waals surface area contributed by atoms with Gasteiger partial charge < -0.3 is 15.0 Å². The molecule has 0 aliphatic carbocycles. The molecule has 34 heavy (non-hydrogen) atoms. The van der Waals surface area contributed by atoms with E-state index in [0.717, 1.165) is 5.56 Å². The molecule has 0 radical (unpaired) electrons. The molecule has 2 aliphatic heterocycles. The highest BCUT2D eigenvalue weighted by Crippen LogP contribution is 2.24. The van der Waals surface area contributed by atoms with Gasteiger partial charge in [-0.25, -0.2) is 9.78 Å². The van der Waals surface area contributed by atoms with Crippen molar-refractivity contribution in [1.82, 2.24) is 15.2 Å². The third-order valence-corrected chi connectivity index (χ3v) is 6.20. The minimum Gasteiger partial charge on any atom is -0.459 e. The van der Waals surface area contributed by atoms with Gasteiger partial charge in [0.2, 0.25) is 11.8 Å². The number of aromatic nitrogens is 1. The third-order valence-electron chi connectivity index (χ3n) is 6.20. The number of hydrogen-bond acceptors (Lipinski definition) is 6. The van der Waals surface area contributed by atoms with Crippen LogP contribution in [0.3, 0.4) is 0 Å². The maximum Gasteiger partial charge on any atom is 0.329 e. The Morgan fingerprint density at radius 3 is 2.59 bits per heavy atom. The lowest BCUT2D eigenvalue weighted by molar-refractivity contribution is -0.154. The monoisotopic (exact) mass is 464 g/mol. The Morgan fingerprint density at radius 1 is 1.15 bits per heavy atom. The predicted octanol–water partition coefficient (Wildman–Crippen LogP) is 1.82. The summed E-state index contributed by atoms with van der Waals surface area (Å²) in [5.41, 5.74) is 0.866. The van der Waals surface area contributed by atoms with Crippen LogP contribution in [0.2, 0.25) is 0 Å². The second-order valence-electron chi connectivity index (χ2n) is 8.51. The minimum absolute atomic E-state index is 0.133. The molecule has 3 heterocycles. The van der Waals surface area contributed by atoms with Crippen LogP contribution in [-0.4, -0.2) is 58.2 Å². The van der Waals surface area contributed by atoms with Gasteiger partial charge in [-0.3, -0.25) is 19.3 Å². The van der Waals surface area contributed by atoms with Crippen molar-refractivity contribution in [3.05, 3.63) is 60.3 Å². The summed E-state index contributed by atoms with van der Waals surface area (Å²) in [6, 6.07) is 12.1. The van der Waals surface area contributed by atoms with Gasteiger partial charge in [0, 0.05) is 19.2 Å².